The van der Waals surface area contributed by atoms with Crippen molar-refractivity contribution in [3.05, 3.63) is 47.9 Å². The summed E-state index contributed by atoms with van der Waals surface area (Å²) in [5.74, 6) is -0.0849. The smallest absolute Gasteiger partial charge is 0.255 e. The van der Waals surface area contributed by atoms with E-state index in [-0.39, 0.29) is 18.2 Å². The number of hydrogen-bond donors (Lipinski definition) is 3. The minimum atomic E-state index is -1.65. The number of halogens is 2. The second kappa shape index (κ2) is 9.35. The Labute approximate surface area is 195 Å². The van der Waals surface area contributed by atoms with Gasteiger partial charge >= 0.3 is 0 Å². The molecule has 178 valence electrons. The Hall–Kier alpha value is -3.58. The molecule has 2 unspecified atom stereocenters. The first-order valence-electron chi connectivity index (χ1n) is 11.1. The molecule has 0 aromatic carbocycles. The topological polar surface area (TPSA) is 116 Å². The number of fused-ring (bicyclic) bond motifs is 1. The van der Waals surface area contributed by atoms with E-state index in [1.165, 1.54) is 26.2 Å². The first-order chi connectivity index (χ1) is 16.2. The second-order valence-electron chi connectivity index (χ2n) is 9.11. The maximum absolute atomic E-state index is 14.1. The summed E-state index contributed by atoms with van der Waals surface area (Å²) in [5, 5.41) is 25.4. The molecule has 1 amide bonds. The van der Waals surface area contributed by atoms with Crippen LogP contribution in [0.15, 0.2) is 36.8 Å². The highest BCUT2D eigenvalue weighted by atomic mass is 19.1. The highest BCUT2D eigenvalue weighted by Gasteiger charge is 2.28. The van der Waals surface area contributed by atoms with Crippen molar-refractivity contribution in [3.63, 3.8) is 0 Å². The summed E-state index contributed by atoms with van der Waals surface area (Å²) in [6.07, 6.45) is 3.44. The predicted molar refractivity (Wildman–Crippen MR) is 123 cm³/mol. The summed E-state index contributed by atoms with van der Waals surface area (Å²) in [6.45, 7) is 2.29. The Balaban J connectivity index is 1.66. The standard InChI is InChI=1S/C24H26F2N6O2/c1-24(2,34)20(26)13-30-23(33)18-12-28-21(9-19(18)31-17-4-3-16(25)8-17)32-6-5-15-7-14(10-27)11-29-22(15)32/h5-7,9,11-12,16-17,20,34H,3-4,8,13H2,1-2H3,(H,28,31)(H,30,33)/t16?,17?,20-/m0/s1. The fourth-order valence-corrected chi connectivity index (χ4v) is 3.95. The molecule has 8 nitrogen and oxygen atoms in total. The molecule has 3 atom stereocenters. The van der Waals surface area contributed by atoms with Crippen LogP contribution in [0, 0.1) is 11.3 Å². The number of amides is 1. The number of nitrogens with zero attached hydrogens (tertiary/aromatic N) is 4. The van der Waals surface area contributed by atoms with Gasteiger partial charge in [-0.25, -0.2) is 18.7 Å². The van der Waals surface area contributed by atoms with E-state index in [1.54, 1.807) is 29.0 Å². The number of hydrogen-bond acceptors (Lipinski definition) is 6. The number of carbonyl (C=O) groups excluding carboxylic acids is 1. The van der Waals surface area contributed by atoms with Crippen molar-refractivity contribution < 1.29 is 18.7 Å². The minimum Gasteiger partial charge on any atom is -0.387 e. The lowest BCUT2D eigenvalue weighted by Gasteiger charge is -2.23. The minimum absolute atomic E-state index is 0.153. The SMILES string of the molecule is CC(C)(O)[C@@H](F)CNC(=O)c1cnc(-n2ccc3cc(C#N)cnc32)cc1NC1CCC(F)C1. The van der Waals surface area contributed by atoms with Gasteiger partial charge in [-0.3, -0.25) is 9.36 Å². The van der Waals surface area contributed by atoms with Crippen molar-refractivity contribution >= 4 is 22.6 Å². The lowest BCUT2D eigenvalue weighted by molar-refractivity contribution is -0.00177. The summed E-state index contributed by atoms with van der Waals surface area (Å²) in [6, 6.07) is 7.10. The van der Waals surface area contributed by atoms with Crippen LogP contribution in [0.3, 0.4) is 0 Å². The number of anilines is 1. The maximum atomic E-state index is 14.1. The molecule has 0 bridgehead atoms. The van der Waals surface area contributed by atoms with Crippen molar-refractivity contribution in [2.24, 2.45) is 0 Å². The Bertz CT molecular complexity index is 1250. The van der Waals surface area contributed by atoms with Crippen LogP contribution in [-0.2, 0) is 0 Å². The molecule has 10 heteroatoms. The number of pyridine rings is 2. The van der Waals surface area contributed by atoms with E-state index in [0.717, 1.165) is 5.39 Å². The van der Waals surface area contributed by atoms with E-state index >= 15 is 0 Å². The van der Waals surface area contributed by atoms with Crippen molar-refractivity contribution in [2.45, 2.75) is 57.1 Å². The van der Waals surface area contributed by atoms with Crippen LogP contribution in [0.5, 0.6) is 0 Å². The number of alkyl halides is 2. The molecule has 0 aliphatic heterocycles. The molecule has 3 aromatic heterocycles. The summed E-state index contributed by atoms with van der Waals surface area (Å²) >= 11 is 0. The Morgan fingerprint density at radius 1 is 1.35 bits per heavy atom. The number of aliphatic hydroxyl groups is 1. The van der Waals surface area contributed by atoms with Crippen molar-refractivity contribution in [3.8, 4) is 11.9 Å². The van der Waals surface area contributed by atoms with Gasteiger partial charge in [0.05, 0.1) is 29.0 Å². The summed E-state index contributed by atoms with van der Waals surface area (Å²) in [5.41, 5.74) is 0.0576. The van der Waals surface area contributed by atoms with E-state index in [2.05, 4.69) is 26.7 Å². The van der Waals surface area contributed by atoms with E-state index in [1.807, 2.05) is 0 Å². The largest absolute Gasteiger partial charge is 0.387 e. The molecule has 3 heterocycles. The predicted octanol–water partition coefficient (Wildman–Crippen LogP) is 3.43. The first-order valence-corrected chi connectivity index (χ1v) is 11.1. The fourth-order valence-electron chi connectivity index (χ4n) is 3.95. The number of nitrogens with one attached hydrogen (secondary N) is 2. The molecule has 0 saturated heterocycles. The summed E-state index contributed by atoms with van der Waals surface area (Å²) in [4.78, 5) is 21.6. The first kappa shape index (κ1) is 23.6. The van der Waals surface area contributed by atoms with E-state index in [4.69, 9.17) is 5.26 Å². The van der Waals surface area contributed by atoms with Gasteiger partial charge in [-0.2, -0.15) is 5.26 Å². The lowest BCUT2D eigenvalue weighted by Crippen LogP contribution is -2.42. The number of rotatable bonds is 7. The van der Waals surface area contributed by atoms with E-state index in [0.29, 0.717) is 42.0 Å². The summed E-state index contributed by atoms with van der Waals surface area (Å²) in [7, 11) is 0. The second-order valence-corrected chi connectivity index (χ2v) is 9.11. The summed E-state index contributed by atoms with van der Waals surface area (Å²) < 4.78 is 29.6. The third kappa shape index (κ3) is 4.99. The van der Waals surface area contributed by atoms with Crippen LogP contribution in [0.2, 0.25) is 0 Å². The van der Waals surface area contributed by atoms with Crippen molar-refractivity contribution in [2.75, 3.05) is 11.9 Å². The molecule has 4 rings (SSSR count). The zero-order chi connectivity index (χ0) is 24.5. The number of aromatic nitrogens is 3. The van der Waals surface area contributed by atoms with Crippen LogP contribution in [0.1, 0.15) is 49.0 Å². The third-order valence-corrected chi connectivity index (χ3v) is 5.97. The zero-order valence-electron chi connectivity index (χ0n) is 18.9. The molecule has 1 aliphatic rings. The van der Waals surface area contributed by atoms with Gasteiger partial charge in [0.2, 0.25) is 0 Å². The zero-order valence-corrected chi connectivity index (χ0v) is 18.9. The highest BCUT2D eigenvalue weighted by Crippen LogP contribution is 2.28. The van der Waals surface area contributed by atoms with Gasteiger partial charge in [-0.05, 0) is 45.2 Å². The molecular formula is C24H26F2N6O2. The van der Waals surface area contributed by atoms with Gasteiger partial charge in [-0.15, -0.1) is 0 Å². The highest BCUT2D eigenvalue weighted by molar-refractivity contribution is 5.99. The van der Waals surface area contributed by atoms with Crippen LogP contribution in [0.4, 0.5) is 14.5 Å². The van der Waals surface area contributed by atoms with E-state index in [9.17, 15) is 18.7 Å². The van der Waals surface area contributed by atoms with Gasteiger partial charge in [0.1, 0.15) is 29.9 Å². The van der Waals surface area contributed by atoms with Gasteiger partial charge in [0.15, 0.2) is 0 Å². The van der Waals surface area contributed by atoms with Crippen molar-refractivity contribution in [1.29, 1.82) is 5.26 Å². The number of nitriles is 1. The monoisotopic (exact) mass is 468 g/mol. The molecule has 1 saturated carbocycles. The lowest BCUT2D eigenvalue weighted by atomic mass is 10.0. The molecule has 1 fully saturated rings. The van der Waals surface area contributed by atoms with Crippen molar-refractivity contribution in [1.82, 2.24) is 19.9 Å². The Kier molecular flexibility index (Phi) is 6.48. The van der Waals surface area contributed by atoms with Crippen LogP contribution < -0.4 is 10.6 Å². The molecule has 0 radical (unpaired) electrons. The third-order valence-electron chi connectivity index (χ3n) is 5.97. The molecule has 3 N–H and O–H groups in total. The number of carbonyl (C=O) groups is 1. The molecule has 3 aromatic rings. The van der Waals surface area contributed by atoms with Crippen LogP contribution in [-0.4, -0.2) is 56.1 Å². The quantitative estimate of drug-likeness (QED) is 0.489. The average molecular weight is 469 g/mol. The molecule has 34 heavy (non-hydrogen) atoms. The average Bonchev–Trinajstić information content (AvgIpc) is 3.41. The van der Waals surface area contributed by atoms with E-state index < -0.39 is 23.9 Å². The van der Waals surface area contributed by atoms with Gasteiger partial charge in [0.25, 0.3) is 5.91 Å². The normalized spacial score (nSPS) is 19.1. The molecular weight excluding hydrogens is 442 g/mol. The fraction of sp³-hybridized carbons (Fsp3) is 0.417. The Morgan fingerprint density at radius 2 is 2.15 bits per heavy atom. The maximum Gasteiger partial charge on any atom is 0.255 e. The van der Waals surface area contributed by atoms with Crippen LogP contribution >= 0.6 is 0 Å². The Morgan fingerprint density at radius 3 is 2.82 bits per heavy atom. The van der Waals surface area contributed by atoms with Gasteiger partial charge in [-0.1, -0.05) is 0 Å². The van der Waals surface area contributed by atoms with Gasteiger partial charge in [0, 0.05) is 36.1 Å². The van der Waals surface area contributed by atoms with Gasteiger partial charge < -0.3 is 15.7 Å². The molecule has 0 spiro atoms. The van der Waals surface area contributed by atoms with Crippen LogP contribution in [0.25, 0.3) is 16.9 Å². The molecule has 1 aliphatic carbocycles.